The van der Waals surface area contributed by atoms with E-state index in [9.17, 15) is 19.5 Å². The quantitative estimate of drug-likeness (QED) is 0.313. The zero-order chi connectivity index (χ0) is 22.9. The van der Waals surface area contributed by atoms with E-state index in [-0.39, 0.29) is 11.3 Å². The highest BCUT2D eigenvalue weighted by atomic mass is 16.5. The Morgan fingerprint density at radius 1 is 1.23 bits per heavy atom. The van der Waals surface area contributed by atoms with Gasteiger partial charge in [-0.25, -0.2) is 4.79 Å². The van der Waals surface area contributed by atoms with Crippen LogP contribution in [0.25, 0.3) is 5.76 Å². The average Bonchev–Trinajstić information content (AvgIpc) is 3.21. The summed E-state index contributed by atoms with van der Waals surface area (Å²) in [4.78, 5) is 41.0. The van der Waals surface area contributed by atoms with Gasteiger partial charge in [-0.1, -0.05) is 12.1 Å². The molecular formula is C22H26N4O5. The summed E-state index contributed by atoms with van der Waals surface area (Å²) in [6.07, 6.45) is 0. The number of methoxy groups -OCH3 is 1. The number of amides is 1. The van der Waals surface area contributed by atoms with Crippen LogP contribution in [-0.4, -0.2) is 77.1 Å². The minimum absolute atomic E-state index is 0.00201. The topological polar surface area (TPSA) is 116 Å². The molecule has 2 heterocycles. The molecule has 1 aromatic heterocycles. The van der Waals surface area contributed by atoms with E-state index in [1.54, 1.807) is 38.1 Å². The van der Waals surface area contributed by atoms with Crippen LogP contribution in [0.2, 0.25) is 0 Å². The van der Waals surface area contributed by atoms with Crippen molar-refractivity contribution in [1.29, 1.82) is 0 Å². The molecule has 1 fully saturated rings. The molecule has 2 N–H and O–H groups in total. The number of hydrogen-bond acceptors (Lipinski definition) is 7. The summed E-state index contributed by atoms with van der Waals surface area (Å²) in [5, 5.41) is 18.0. The van der Waals surface area contributed by atoms with Crippen molar-refractivity contribution in [3.63, 3.8) is 0 Å². The van der Waals surface area contributed by atoms with Gasteiger partial charge in [-0.3, -0.25) is 14.7 Å². The van der Waals surface area contributed by atoms with Crippen molar-refractivity contribution in [3.05, 3.63) is 57.9 Å². The number of aromatic nitrogens is 2. The average molecular weight is 426 g/mol. The number of aliphatic hydroxyl groups excluding tert-OH is 1. The summed E-state index contributed by atoms with van der Waals surface area (Å²) in [6.45, 7) is 4.27. The first-order valence-electron chi connectivity index (χ1n) is 9.80. The van der Waals surface area contributed by atoms with Gasteiger partial charge in [0.25, 0.3) is 11.7 Å². The summed E-state index contributed by atoms with van der Waals surface area (Å²) in [7, 11) is 5.03. The lowest BCUT2D eigenvalue weighted by Crippen LogP contribution is -2.35. The minimum atomic E-state index is -0.791. The van der Waals surface area contributed by atoms with Crippen molar-refractivity contribution in [2.45, 2.75) is 19.9 Å². The summed E-state index contributed by atoms with van der Waals surface area (Å²) in [5.74, 6) is -2.18. The summed E-state index contributed by atoms with van der Waals surface area (Å²) >= 11 is 0. The number of ketones is 1. The molecule has 1 aliphatic rings. The zero-order valence-corrected chi connectivity index (χ0v) is 18.2. The first-order valence-corrected chi connectivity index (χ1v) is 9.80. The highest BCUT2D eigenvalue weighted by molar-refractivity contribution is 6.46. The molecule has 0 spiro atoms. The van der Waals surface area contributed by atoms with Gasteiger partial charge in [0.05, 0.1) is 35.5 Å². The van der Waals surface area contributed by atoms with Crippen molar-refractivity contribution >= 4 is 23.4 Å². The number of carbonyl (C=O) groups is 3. The molecule has 1 amide bonds. The fourth-order valence-corrected chi connectivity index (χ4v) is 3.72. The summed E-state index contributed by atoms with van der Waals surface area (Å²) in [6, 6.07) is 5.67. The van der Waals surface area contributed by atoms with Crippen molar-refractivity contribution in [1.82, 2.24) is 20.0 Å². The minimum Gasteiger partial charge on any atom is -0.507 e. The Morgan fingerprint density at radius 2 is 1.87 bits per heavy atom. The van der Waals surface area contributed by atoms with E-state index in [1.165, 1.54) is 12.0 Å². The number of ether oxygens (including phenoxy) is 1. The number of aromatic amines is 1. The van der Waals surface area contributed by atoms with E-state index in [2.05, 4.69) is 10.2 Å². The number of carbonyl (C=O) groups excluding carboxylic acids is 3. The molecule has 2 aromatic rings. The Morgan fingerprint density at radius 3 is 2.39 bits per heavy atom. The normalized spacial score (nSPS) is 18.1. The first-order chi connectivity index (χ1) is 14.7. The van der Waals surface area contributed by atoms with Crippen LogP contribution in [0, 0.1) is 13.8 Å². The molecule has 1 aromatic carbocycles. The second-order valence-electron chi connectivity index (χ2n) is 7.72. The van der Waals surface area contributed by atoms with E-state index in [0.717, 1.165) is 0 Å². The molecule has 0 bridgehead atoms. The monoisotopic (exact) mass is 426 g/mol. The molecular weight excluding hydrogens is 400 g/mol. The maximum atomic E-state index is 13.0. The molecule has 1 saturated heterocycles. The number of nitrogens with zero attached hydrogens (tertiary/aromatic N) is 3. The number of esters is 1. The highest BCUT2D eigenvalue weighted by Gasteiger charge is 2.46. The molecule has 164 valence electrons. The van der Waals surface area contributed by atoms with Crippen LogP contribution in [0.1, 0.15) is 38.9 Å². The summed E-state index contributed by atoms with van der Waals surface area (Å²) in [5.41, 5.74) is 2.47. The smallest absolute Gasteiger partial charge is 0.337 e. The van der Waals surface area contributed by atoms with Gasteiger partial charge < -0.3 is 19.6 Å². The third-order valence-electron chi connectivity index (χ3n) is 5.34. The Labute approximate surface area is 180 Å². The molecule has 9 nitrogen and oxygen atoms in total. The predicted octanol–water partition coefficient (Wildman–Crippen LogP) is 1.80. The fourth-order valence-electron chi connectivity index (χ4n) is 3.72. The Bertz CT molecular complexity index is 1030. The van der Waals surface area contributed by atoms with Crippen LogP contribution >= 0.6 is 0 Å². The SMILES string of the molecule is COC(=O)c1ccc([C@@H]2/C(=C(\O)c3c(C)n[nH]c3C)C(=O)C(=O)N2CCN(C)C)cc1. The van der Waals surface area contributed by atoms with Crippen molar-refractivity contribution in [2.24, 2.45) is 0 Å². The number of benzene rings is 1. The van der Waals surface area contributed by atoms with Gasteiger partial charge in [0.1, 0.15) is 5.76 Å². The molecule has 31 heavy (non-hydrogen) atoms. The molecule has 0 aliphatic carbocycles. The number of aliphatic hydroxyl groups is 1. The maximum Gasteiger partial charge on any atom is 0.337 e. The number of H-pyrrole nitrogens is 1. The third-order valence-corrected chi connectivity index (χ3v) is 5.34. The fraction of sp³-hybridized carbons (Fsp3) is 0.364. The van der Waals surface area contributed by atoms with E-state index < -0.39 is 23.7 Å². The first kappa shape index (κ1) is 22.2. The van der Waals surface area contributed by atoms with E-state index in [4.69, 9.17) is 4.74 Å². The molecule has 1 aliphatic heterocycles. The number of aryl methyl sites for hydroxylation is 2. The zero-order valence-electron chi connectivity index (χ0n) is 18.2. The van der Waals surface area contributed by atoms with Crippen LogP contribution in [0.3, 0.4) is 0 Å². The van der Waals surface area contributed by atoms with Crippen LogP contribution in [-0.2, 0) is 14.3 Å². The van der Waals surface area contributed by atoms with E-state index >= 15 is 0 Å². The van der Waals surface area contributed by atoms with Crippen LogP contribution in [0.4, 0.5) is 0 Å². The lowest BCUT2D eigenvalue weighted by molar-refractivity contribution is -0.140. The number of likely N-dealkylation sites (tertiary alicyclic amines) is 1. The summed E-state index contributed by atoms with van der Waals surface area (Å²) < 4.78 is 4.73. The number of nitrogens with one attached hydrogen (secondary N) is 1. The number of likely N-dealkylation sites (N-methyl/N-ethyl adjacent to an activating group) is 1. The van der Waals surface area contributed by atoms with Gasteiger partial charge in [-0.05, 0) is 45.6 Å². The number of rotatable bonds is 6. The lowest BCUT2D eigenvalue weighted by atomic mass is 9.94. The molecule has 0 unspecified atom stereocenters. The van der Waals surface area contributed by atoms with Crippen molar-refractivity contribution in [2.75, 3.05) is 34.3 Å². The van der Waals surface area contributed by atoms with Gasteiger partial charge in [-0.2, -0.15) is 5.10 Å². The van der Waals surface area contributed by atoms with E-state index in [1.807, 2.05) is 19.0 Å². The standard InChI is InChI=1S/C22H26N4O5/c1-12-16(13(2)24-23-12)19(27)17-18(14-6-8-15(9-7-14)22(30)31-5)26(11-10-25(3)4)21(29)20(17)28/h6-9,18,27H,10-11H2,1-5H3,(H,23,24)/b19-17+/t18-/m1/s1. The van der Waals surface area contributed by atoms with Crippen molar-refractivity contribution in [3.8, 4) is 0 Å². The van der Waals surface area contributed by atoms with Crippen LogP contribution < -0.4 is 0 Å². The Kier molecular flexibility index (Phi) is 6.26. The third kappa shape index (κ3) is 4.09. The maximum absolute atomic E-state index is 13.0. The van der Waals surface area contributed by atoms with Crippen LogP contribution in [0.5, 0.6) is 0 Å². The predicted molar refractivity (Wildman–Crippen MR) is 113 cm³/mol. The molecule has 3 rings (SSSR count). The van der Waals surface area contributed by atoms with Gasteiger partial charge in [0.15, 0.2) is 0 Å². The van der Waals surface area contributed by atoms with Crippen molar-refractivity contribution < 1.29 is 24.2 Å². The lowest BCUT2D eigenvalue weighted by Gasteiger charge is -2.26. The second-order valence-corrected chi connectivity index (χ2v) is 7.72. The van der Waals surface area contributed by atoms with Crippen LogP contribution in [0.15, 0.2) is 29.8 Å². The number of Topliss-reactive ketones (excluding diaryl/α,β-unsaturated/α-hetero) is 1. The Balaban J connectivity index is 2.16. The Hall–Kier alpha value is -3.46. The van der Waals surface area contributed by atoms with Gasteiger partial charge in [0, 0.05) is 18.8 Å². The largest absolute Gasteiger partial charge is 0.507 e. The van der Waals surface area contributed by atoms with Gasteiger partial charge in [0.2, 0.25) is 0 Å². The molecule has 0 radical (unpaired) electrons. The molecule has 1 atom stereocenters. The molecule has 9 heteroatoms. The van der Waals surface area contributed by atoms with Gasteiger partial charge in [-0.15, -0.1) is 0 Å². The van der Waals surface area contributed by atoms with Gasteiger partial charge >= 0.3 is 5.97 Å². The highest BCUT2D eigenvalue weighted by Crippen LogP contribution is 2.40. The van der Waals surface area contributed by atoms with E-state index in [0.29, 0.717) is 41.2 Å². The second kappa shape index (κ2) is 8.73. The molecule has 0 saturated carbocycles. The number of hydrogen-bond donors (Lipinski definition) is 2.